The lowest BCUT2D eigenvalue weighted by molar-refractivity contribution is 0.0733. The highest BCUT2D eigenvalue weighted by Gasteiger charge is 2.24. The highest BCUT2D eigenvalue weighted by Crippen LogP contribution is 2.22. The molecule has 7 heteroatoms. The topological polar surface area (TPSA) is 71.5 Å². The summed E-state index contributed by atoms with van der Waals surface area (Å²) in [7, 11) is -3.56. The van der Waals surface area contributed by atoms with Crippen LogP contribution in [-0.2, 0) is 14.9 Å². The van der Waals surface area contributed by atoms with Crippen molar-refractivity contribution in [1.82, 2.24) is 9.29 Å². The number of hydrogen-bond acceptors (Lipinski definition) is 4. The first-order chi connectivity index (χ1) is 9.67. The van der Waals surface area contributed by atoms with Crippen LogP contribution in [0, 0.1) is 0 Å². The van der Waals surface area contributed by atoms with Gasteiger partial charge in [-0.15, -0.1) is 0 Å². The molecule has 0 saturated carbocycles. The summed E-state index contributed by atoms with van der Waals surface area (Å²) in [5.41, 5.74) is 1.14. The van der Waals surface area contributed by atoms with Crippen LogP contribution in [0.5, 0.6) is 0 Å². The van der Waals surface area contributed by atoms with Gasteiger partial charge in [-0.05, 0) is 12.1 Å². The molecule has 0 bridgehead atoms. The van der Waals surface area contributed by atoms with Crippen LogP contribution in [0.15, 0.2) is 36.5 Å². The molecule has 0 radical (unpaired) electrons. The first kappa shape index (κ1) is 13.3. The van der Waals surface area contributed by atoms with Crippen LogP contribution in [0.1, 0.15) is 0 Å². The molecule has 1 aromatic carbocycles. The van der Waals surface area contributed by atoms with E-state index in [9.17, 15) is 8.42 Å². The largest absolute Gasteiger partial charge is 0.379 e. The molecule has 1 aromatic heterocycles. The van der Waals surface area contributed by atoms with Gasteiger partial charge in [-0.25, -0.2) is 0 Å². The molecular formula is C13H15N3O3S. The van der Waals surface area contributed by atoms with Gasteiger partial charge in [0.15, 0.2) is 0 Å². The second-order valence-corrected chi connectivity index (χ2v) is 6.17. The summed E-state index contributed by atoms with van der Waals surface area (Å²) in [6, 6.07) is 9.14. The highest BCUT2D eigenvalue weighted by molar-refractivity contribution is 7.90. The molecule has 0 spiro atoms. The normalized spacial score (nSPS) is 17.2. The Morgan fingerprint density at radius 2 is 1.90 bits per heavy atom. The molecular weight excluding hydrogens is 278 g/mol. The summed E-state index contributed by atoms with van der Waals surface area (Å²) < 4.78 is 33.8. The third-order valence-electron chi connectivity index (χ3n) is 3.18. The van der Waals surface area contributed by atoms with Crippen LogP contribution < -0.4 is 4.72 Å². The lowest BCUT2D eigenvalue weighted by Crippen LogP contribution is -2.43. The average molecular weight is 293 g/mol. The van der Waals surface area contributed by atoms with Gasteiger partial charge in [-0.2, -0.15) is 12.7 Å². The van der Waals surface area contributed by atoms with Crippen molar-refractivity contribution in [3.05, 3.63) is 36.5 Å². The number of aromatic nitrogens is 1. The minimum Gasteiger partial charge on any atom is -0.379 e. The molecule has 2 heterocycles. The van der Waals surface area contributed by atoms with Gasteiger partial charge < -0.3 is 4.74 Å². The minimum atomic E-state index is -3.56. The van der Waals surface area contributed by atoms with Gasteiger partial charge in [-0.1, -0.05) is 18.2 Å². The van der Waals surface area contributed by atoms with E-state index in [0.29, 0.717) is 37.5 Å². The Labute approximate surface area is 117 Å². The Kier molecular flexibility index (Phi) is 3.56. The molecule has 6 nitrogen and oxygen atoms in total. The number of para-hydroxylation sites is 1. The van der Waals surface area contributed by atoms with Gasteiger partial charge in [0, 0.05) is 24.7 Å². The fraction of sp³-hybridized carbons (Fsp3) is 0.308. The van der Waals surface area contributed by atoms with Crippen molar-refractivity contribution in [2.24, 2.45) is 0 Å². The van der Waals surface area contributed by atoms with E-state index in [1.807, 2.05) is 18.2 Å². The van der Waals surface area contributed by atoms with Crippen molar-refractivity contribution < 1.29 is 13.2 Å². The van der Waals surface area contributed by atoms with Crippen molar-refractivity contribution in [3.63, 3.8) is 0 Å². The molecule has 0 unspecified atom stereocenters. The van der Waals surface area contributed by atoms with Crippen molar-refractivity contribution in [2.45, 2.75) is 0 Å². The maximum absolute atomic E-state index is 12.3. The summed E-state index contributed by atoms with van der Waals surface area (Å²) in [5.74, 6) is 0. The number of anilines is 1. The first-order valence-electron chi connectivity index (χ1n) is 6.36. The summed E-state index contributed by atoms with van der Waals surface area (Å²) in [4.78, 5) is 4.24. The first-order valence-corrected chi connectivity index (χ1v) is 7.80. The second-order valence-electron chi connectivity index (χ2n) is 4.50. The smallest absolute Gasteiger partial charge is 0.301 e. The van der Waals surface area contributed by atoms with E-state index in [4.69, 9.17) is 4.74 Å². The zero-order valence-electron chi connectivity index (χ0n) is 10.8. The number of ether oxygens (including phenoxy) is 1. The van der Waals surface area contributed by atoms with E-state index < -0.39 is 10.2 Å². The Balaban J connectivity index is 1.92. The van der Waals surface area contributed by atoms with E-state index in [1.165, 1.54) is 4.31 Å². The van der Waals surface area contributed by atoms with Crippen LogP contribution in [0.4, 0.5) is 5.69 Å². The van der Waals surface area contributed by atoms with E-state index in [2.05, 4.69) is 9.71 Å². The van der Waals surface area contributed by atoms with Crippen molar-refractivity contribution in [3.8, 4) is 0 Å². The molecule has 2 aromatic rings. The van der Waals surface area contributed by atoms with Gasteiger partial charge in [-0.3, -0.25) is 9.71 Å². The maximum atomic E-state index is 12.3. The summed E-state index contributed by atoms with van der Waals surface area (Å²) in [6.07, 6.45) is 1.65. The SMILES string of the molecule is O=S(=O)(Nc1cccc2cccnc12)N1CCOCC1. The molecule has 1 aliphatic heterocycles. The Hall–Kier alpha value is -1.70. The van der Waals surface area contributed by atoms with Crippen LogP contribution in [0.3, 0.4) is 0 Å². The molecule has 1 aliphatic rings. The zero-order valence-corrected chi connectivity index (χ0v) is 11.6. The number of benzene rings is 1. The molecule has 1 N–H and O–H groups in total. The van der Waals surface area contributed by atoms with Gasteiger partial charge in [0.2, 0.25) is 0 Å². The molecule has 1 saturated heterocycles. The standard InChI is InChI=1S/C13H15N3O3S/c17-20(18,16-7-9-19-10-8-16)15-12-5-1-3-11-4-2-6-14-13(11)12/h1-6,15H,7-10H2. The van der Waals surface area contributed by atoms with Gasteiger partial charge in [0.1, 0.15) is 0 Å². The van der Waals surface area contributed by atoms with Crippen molar-refractivity contribution >= 4 is 26.8 Å². The fourth-order valence-electron chi connectivity index (χ4n) is 2.18. The average Bonchev–Trinajstić information content (AvgIpc) is 2.48. The number of fused-ring (bicyclic) bond motifs is 1. The zero-order chi connectivity index (χ0) is 14.0. The summed E-state index contributed by atoms with van der Waals surface area (Å²) >= 11 is 0. The monoisotopic (exact) mass is 293 g/mol. The van der Waals surface area contributed by atoms with Crippen LogP contribution in [0.25, 0.3) is 10.9 Å². The number of hydrogen-bond donors (Lipinski definition) is 1. The lowest BCUT2D eigenvalue weighted by atomic mass is 10.2. The van der Waals surface area contributed by atoms with E-state index in [-0.39, 0.29) is 0 Å². The van der Waals surface area contributed by atoms with Gasteiger partial charge in [0.25, 0.3) is 0 Å². The van der Waals surface area contributed by atoms with Gasteiger partial charge in [0.05, 0.1) is 24.4 Å². The number of nitrogens with one attached hydrogen (secondary N) is 1. The van der Waals surface area contributed by atoms with Crippen LogP contribution >= 0.6 is 0 Å². The second kappa shape index (κ2) is 5.35. The summed E-state index contributed by atoms with van der Waals surface area (Å²) in [5, 5.41) is 0.898. The van der Waals surface area contributed by atoms with Crippen molar-refractivity contribution in [2.75, 3.05) is 31.0 Å². The third kappa shape index (κ3) is 2.60. The number of morpholine rings is 1. The number of rotatable bonds is 3. The molecule has 3 rings (SSSR count). The lowest BCUT2D eigenvalue weighted by Gasteiger charge is -2.26. The molecule has 0 atom stereocenters. The Morgan fingerprint density at radius 3 is 2.70 bits per heavy atom. The molecule has 1 fully saturated rings. The number of nitrogens with zero attached hydrogens (tertiary/aromatic N) is 2. The van der Waals surface area contributed by atoms with Gasteiger partial charge >= 0.3 is 10.2 Å². The van der Waals surface area contributed by atoms with E-state index in [0.717, 1.165) is 5.39 Å². The predicted molar refractivity (Wildman–Crippen MR) is 76.7 cm³/mol. The van der Waals surface area contributed by atoms with Crippen LogP contribution in [-0.4, -0.2) is 44.0 Å². The minimum absolute atomic E-state index is 0.369. The number of pyridine rings is 1. The molecule has 0 aliphatic carbocycles. The Morgan fingerprint density at radius 1 is 1.15 bits per heavy atom. The van der Waals surface area contributed by atoms with Crippen molar-refractivity contribution in [1.29, 1.82) is 0 Å². The maximum Gasteiger partial charge on any atom is 0.301 e. The van der Waals surface area contributed by atoms with E-state index >= 15 is 0 Å². The van der Waals surface area contributed by atoms with E-state index in [1.54, 1.807) is 18.3 Å². The highest BCUT2D eigenvalue weighted by atomic mass is 32.2. The molecule has 106 valence electrons. The van der Waals surface area contributed by atoms with Crippen LogP contribution in [0.2, 0.25) is 0 Å². The predicted octanol–water partition coefficient (Wildman–Crippen LogP) is 1.22. The third-order valence-corrected chi connectivity index (χ3v) is 4.70. The quantitative estimate of drug-likeness (QED) is 0.923. The summed E-state index contributed by atoms with van der Waals surface area (Å²) in [6.45, 7) is 1.59. The molecule has 20 heavy (non-hydrogen) atoms. The molecule has 0 amide bonds. The Bertz CT molecular complexity index is 706. The fourth-order valence-corrected chi connectivity index (χ4v) is 3.38.